The number of hydrogen-bond acceptors (Lipinski definition) is 5. The molecule has 2 heterocycles. The number of amides is 2. The van der Waals surface area contributed by atoms with Gasteiger partial charge in [-0.15, -0.1) is 0 Å². The minimum absolute atomic E-state index is 0.0259. The van der Waals surface area contributed by atoms with Crippen molar-refractivity contribution >= 4 is 11.8 Å². The molecule has 7 nitrogen and oxygen atoms in total. The summed E-state index contributed by atoms with van der Waals surface area (Å²) in [6, 6.07) is 0. The van der Waals surface area contributed by atoms with E-state index < -0.39 is 5.54 Å². The summed E-state index contributed by atoms with van der Waals surface area (Å²) < 4.78 is 5.01. The van der Waals surface area contributed by atoms with E-state index in [0.29, 0.717) is 31.1 Å². The van der Waals surface area contributed by atoms with E-state index in [1.54, 1.807) is 30.8 Å². The van der Waals surface area contributed by atoms with Crippen LogP contribution < -0.4 is 0 Å². The number of hydrogen-bond donors (Lipinski definition) is 0. The molecule has 0 radical (unpaired) electrons. The fourth-order valence-corrected chi connectivity index (χ4v) is 2.86. The van der Waals surface area contributed by atoms with E-state index in [1.165, 1.54) is 0 Å². The average Bonchev–Trinajstić information content (AvgIpc) is 3.02. The SMILES string of the molecule is Cc1noc(CCC(=O)N2CCC[C@]2(C)C(=O)N(C)C)n1. The van der Waals surface area contributed by atoms with E-state index in [2.05, 4.69) is 10.1 Å². The molecule has 7 heteroatoms. The summed E-state index contributed by atoms with van der Waals surface area (Å²) >= 11 is 0. The fourth-order valence-electron chi connectivity index (χ4n) is 2.86. The molecule has 1 aliphatic heterocycles. The van der Waals surface area contributed by atoms with Gasteiger partial charge in [0.1, 0.15) is 5.54 Å². The summed E-state index contributed by atoms with van der Waals surface area (Å²) in [4.78, 5) is 32.1. The molecule has 0 saturated carbocycles. The third kappa shape index (κ3) is 3.06. The van der Waals surface area contributed by atoms with Crippen molar-refractivity contribution in [2.45, 2.75) is 45.1 Å². The summed E-state index contributed by atoms with van der Waals surface area (Å²) in [5.74, 6) is 0.954. The molecular formula is C14H22N4O3. The van der Waals surface area contributed by atoms with Gasteiger partial charge in [-0.2, -0.15) is 4.98 Å². The van der Waals surface area contributed by atoms with Gasteiger partial charge < -0.3 is 14.3 Å². The van der Waals surface area contributed by atoms with Gasteiger partial charge >= 0.3 is 0 Å². The molecule has 0 aliphatic carbocycles. The lowest BCUT2D eigenvalue weighted by atomic mass is 9.96. The van der Waals surface area contributed by atoms with Gasteiger partial charge in [-0.25, -0.2) is 0 Å². The molecular weight excluding hydrogens is 272 g/mol. The maximum absolute atomic E-state index is 12.4. The summed E-state index contributed by atoms with van der Waals surface area (Å²) in [7, 11) is 3.44. The van der Waals surface area contributed by atoms with Crippen LogP contribution in [0.25, 0.3) is 0 Å². The Morgan fingerprint density at radius 1 is 1.43 bits per heavy atom. The highest BCUT2D eigenvalue weighted by molar-refractivity contribution is 5.91. The van der Waals surface area contributed by atoms with Gasteiger partial charge in [0.2, 0.25) is 17.7 Å². The Kier molecular flexibility index (Phi) is 4.29. The summed E-state index contributed by atoms with van der Waals surface area (Å²) in [6.07, 6.45) is 2.23. The lowest BCUT2D eigenvalue weighted by molar-refractivity contribution is -0.148. The van der Waals surface area contributed by atoms with Crippen LogP contribution in [0, 0.1) is 6.92 Å². The van der Waals surface area contributed by atoms with Gasteiger partial charge in [-0.05, 0) is 26.7 Å². The topological polar surface area (TPSA) is 79.5 Å². The normalized spacial score (nSPS) is 21.6. The number of likely N-dealkylation sites (tertiary alicyclic amines) is 1. The summed E-state index contributed by atoms with van der Waals surface area (Å²) in [6.45, 7) is 4.21. The van der Waals surface area contributed by atoms with Gasteiger partial charge in [0.15, 0.2) is 5.82 Å². The molecule has 0 unspecified atom stereocenters. The second-order valence-electron chi connectivity index (χ2n) is 5.86. The van der Waals surface area contributed by atoms with Crippen LogP contribution in [0.5, 0.6) is 0 Å². The Labute approximate surface area is 124 Å². The van der Waals surface area contributed by atoms with E-state index >= 15 is 0 Å². The van der Waals surface area contributed by atoms with Crippen LogP contribution in [-0.4, -0.2) is 57.9 Å². The minimum atomic E-state index is -0.731. The van der Waals surface area contributed by atoms with Crippen molar-refractivity contribution in [1.29, 1.82) is 0 Å². The molecule has 1 aromatic heterocycles. The van der Waals surface area contributed by atoms with Gasteiger partial charge in [-0.3, -0.25) is 9.59 Å². The predicted octanol–water partition coefficient (Wildman–Crippen LogP) is 0.780. The molecule has 0 aromatic carbocycles. The number of carbonyl (C=O) groups excluding carboxylic acids is 2. The Bertz CT molecular complexity index is 540. The molecule has 1 aliphatic rings. The fraction of sp³-hybridized carbons (Fsp3) is 0.714. The first-order valence-electron chi connectivity index (χ1n) is 7.16. The summed E-state index contributed by atoms with van der Waals surface area (Å²) in [5.41, 5.74) is -0.731. The number of aromatic nitrogens is 2. The quantitative estimate of drug-likeness (QED) is 0.820. The van der Waals surface area contributed by atoms with Crippen LogP contribution in [0.15, 0.2) is 4.52 Å². The van der Waals surface area contributed by atoms with Crippen LogP contribution in [0.1, 0.15) is 37.9 Å². The van der Waals surface area contributed by atoms with Gasteiger partial charge in [-0.1, -0.05) is 5.16 Å². The molecule has 1 saturated heterocycles. The smallest absolute Gasteiger partial charge is 0.247 e. The van der Waals surface area contributed by atoms with Gasteiger partial charge in [0.25, 0.3) is 0 Å². The molecule has 1 atom stereocenters. The zero-order chi connectivity index (χ0) is 15.6. The molecule has 0 spiro atoms. The Morgan fingerprint density at radius 3 is 2.71 bits per heavy atom. The van der Waals surface area contributed by atoms with E-state index in [-0.39, 0.29) is 18.2 Å². The number of rotatable bonds is 4. The molecule has 0 N–H and O–H groups in total. The van der Waals surface area contributed by atoms with Crippen molar-refractivity contribution in [3.63, 3.8) is 0 Å². The Hall–Kier alpha value is -1.92. The highest BCUT2D eigenvalue weighted by atomic mass is 16.5. The molecule has 21 heavy (non-hydrogen) atoms. The third-order valence-electron chi connectivity index (χ3n) is 3.93. The Morgan fingerprint density at radius 2 is 2.14 bits per heavy atom. The number of nitrogens with zero attached hydrogens (tertiary/aromatic N) is 4. The minimum Gasteiger partial charge on any atom is -0.347 e. The van der Waals surface area contributed by atoms with Crippen LogP contribution >= 0.6 is 0 Å². The van der Waals surface area contributed by atoms with E-state index in [4.69, 9.17) is 4.52 Å². The number of aryl methyl sites for hydroxylation is 2. The lowest BCUT2D eigenvalue weighted by Crippen LogP contribution is -2.55. The van der Waals surface area contributed by atoms with Crippen molar-refractivity contribution < 1.29 is 14.1 Å². The average molecular weight is 294 g/mol. The van der Waals surface area contributed by atoms with Gasteiger partial charge in [0.05, 0.1) is 0 Å². The largest absolute Gasteiger partial charge is 0.347 e. The number of likely N-dealkylation sites (N-methyl/N-ethyl adjacent to an activating group) is 1. The molecule has 1 fully saturated rings. The zero-order valence-electron chi connectivity index (χ0n) is 13.0. The molecule has 1 aromatic rings. The van der Waals surface area contributed by atoms with Crippen molar-refractivity contribution in [3.05, 3.63) is 11.7 Å². The van der Waals surface area contributed by atoms with Crippen LogP contribution in [0.3, 0.4) is 0 Å². The van der Waals surface area contributed by atoms with Crippen molar-refractivity contribution in [2.24, 2.45) is 0 Å². The molecule has 2 rings (SSSR count). The zero-order valence-corrected chi connectivity index (χ0v) is 13.0. The van der Waals surface area contributed by atoms with Gasteiger partial charge in [0, 0.05) is 33.5 Å². The van der Waals surface area contributed by atoms with E-state index in [0.717, 1.165) is 6.42 Å². The van der Waals surface area contributed by atoms with Crippen molar-refractivity contribution in [2.75, 3.05) is 20.6 Å². The second-order valence-corrected chi connectivity index (χ2v) is 5.86. The van der Waals surface area contributed by atoms with Crippen LogP contribution in [0.4, 0.5) is 0 Å². The molecule has 2 amide bonds. The maximum Gasteiger partial charge on any atom is 0.247 e. The first kappa shape index (κ1) is 15.5. The monoisotopic (exact) mass is 294 g/mol. The van der Waals surface area contributed by atoms with E-state index in [9.17, 15) is 9.59 Å². The number of carbonyl (C=O) groups is 2. The van der Waals surface area contributed by atoms with E-state index in [1.807, 2.05) is 6.92 Å². The molecule has 0 bridgehead atoms. The van der Waals surface area contributed by atoms with Crippen molar-refractivity contribution in [3.8, 4) is 0 Å². The van der Waals surface area contributed by atoms with Crippen LogP contribution in [0.2, 0.25) is 0 Å². The highest BCUT2D eigenvalue weighted by Crippen LogP contribution is 2.31. The lowest BCUT2D eigenvalue weighted by Gasteiger charge is -2.35. The second kappa shape index (κ2) is 5.83. The third-order valence-corrected chi connectivity index (χ3v) is 3.93. The highest BCUT2D eigenvalue weighted by Gasteiger charge is 2.46. The summed E-state index contributed by atoms with van der Waals surface area (Å²) in [5, 5.41) is 3.70. The Balaban J connectivity index is 2.02. The predicted molar refractivity (Wildman–Crippen MR) is 75.4 cm³/mol. The first-order valence-corrected chi connectivity index (χ1v) is 7.16. The maximum atomic E-state index is 12.4. The molecule has 116 valence electrons. The van der Waals surface area contributed by atoms with Crippen molar-refractivity contribution in [1.82, 2.24) is 19.9 Å². The first-order chi connectivity index (χ1) is 9.84. The standard InChI is InChI=1S/C14H22N4O3/c1-10-15-11(21-16-10)6-7-12(19)18-9-5-8-14(18,2)13(20)17(3)4/h5-9H2,1-4H3/t14-/m1/s1. The van der Waals surface area contributed by atoms with Crippen LogP contribution in [-0.2, 0) is 16.0 Å².